The lowest BCUT2D eigenvalue weighted by atomic mass is 9.93. The molecule has 10 nitrogen and oxygen atoms in total. The molecule has 1 aliphatic heterocycles. The van der Waals surface area contributed by atoms with Crippen LogP contribution in [0.1, 0.15) is 21.5 Å². The van der Waals surface area contributed by atoms with Gasteiger partial charge in [-0.1, -0.05) is 30.3 Å². The van der Waals surface area contributed by atoms with E-state index >= 15 is 0 Å². The molecule has 5 rings (SSSR count). The fourth-order valence-corrected chi connectivity index (χ4v) is 4.89. The van der Waals surface area contributed by atoms with E-state index in [1.54, 1.807) is 48.5 Å². The van der Waals surface area contributed by atoms with E-state index in [1.807, 2.05) is 0 Å². The predicted octanol–water partition coefficient (Wildman–Crippen LogP) is 3.00. The Morgan fingerprint density at radius 1 is 1.11 bits per heavy atom. The lowest BCUT2D eigenvalue weighted by Gasteiger charge is -2.35. The van der Waals surface area contributed by atoms with Crippen molar-refractivity contribution in [2.75, 3.05) is 23.6 Å². The van der Waals surface area contributed by atoms with Crippen molar-refractivity contribution >= 4 is 44.5 Å². The number of carbonyl (C=O) groups is 2. The summed E-state index contributed by atoms with van der Waals surface area (Å²) >= 11 is 0. The normalized spacial score (nSPS) is 17.5. The second kappa shape index (κ2) is 7.93. The number of amides is 2. The molecule has 1 aromatic heterocycles. The lowest BCUT2D eigenvalue weighted by molar-refractivity contribution is 0.0703. The monoisotopic (exact) mass is 492 g/mol. The van der Waals surface area contributed by atoms with Crippen molar-refractivity contribution in [3.05, 3.63) is 83.4 Å². The van der Waals surface area contributed by atoms with Gasteiger partial charge in [-0.2, -0.15) is 0 Å². The number of benzene rings is 3. The van der Waals surface area contributed by atoms with Crippen molar-refractivity contribution in [1.29, 1.82) is 0 Å². The number of carbonyl (C=O) groups excluding carboxylic acids is 2. The molecule has 178 valence electrons. The largest absolute Gasteiger partial charge is 0.453 e. The van der Waals surface area contributed by atoms with Gasteiger partial charge in [0.05, 0.1) is 23.0 Å². The van der Waals surface area contributed by atoms with Crippen LogP contribution in [0.5, 0.6) is 0 Å². The number of nitrogens with zero attached hydrogens (tertiary/aromatic N) is 2. The van der Waals surface area contributed by atoms with Gasteiger partial charge in [0.25, 0.3) is 5.91 Å². The zero-order valence-corrected chi connectivity index (χ0v) is 19.5. The van der Waals surface area contributed by atoms with E-state index in [2.05, 4.69) is 20.0 Å². The van der Waals surface area contributed by atoms with Crippen LogP contribution in [-0.4, -0.2) is 48.9 Å². The van der Waals surface area contributed by atoms with Crippen LogP contribution in [0.15, 0.2) is 71.6 Å². The van der Waals surface area contributed by atoms with Gasteiger partial charge < -0.3 is 14.8 Å². The van der Waals surface area contributed by atoms with Crippen molar-refractivity contribution in [3.8, 4) is 0 Å². The number of imidazole rings is 1. The summed E-state index contributed by atoms with van der Waals surface area (Å²) in [6, 6.07) is 17.4. The van der Waals surface area contributed by atoms with Crippen LogP contribution in [0.4, 0.5) is 16.4 Å². The number of ether oxygens (including phenoxy) is 1. The van der Waals surface area contributed by atoms with Crippen molar-refractivity contribution < 1.29 is 27.9 Å². The molecule has 2 heterocycles. The molecule has 0 saturated heterocycles. The molecular weight excluding hydrogens is 472 g/mol. The predicted molar refractivity (Wildman–Crippen MR) is 128 cm³/mol. The third kappa shape index (κ3) is 3.61. The van der Waals surface area contributed by atoms with E-state index < -0.39 is 27.6 Å². The molecule has 0 aliphatic carbocycles. The van der Waals surface area contributed by atoms with Crippen molar-refractivity contribution in [1.82, 2.24) is 9.97 Å². The van der Waals surface area contributed by atoms with E-state index in [4.69, 9.17) is 0 Å². The number of aromatic nitrogens is 2. The Morgan fingerprint density at radius 3 is 2.63 bits per heavy atom. The summed E-state index contributed by atoms with van der Waals surface area (Å²) in [5.41, 5.74) is 0.215. The molecular formula is C24H20N4O6S. The molecule has 4 aromatic rings. The second-order valence-electron chi connectivity index (χ2n) is 8.06. The third-order valence-electron chi connectivity index (χ3n) is 5.86. The van der Waals surface area contributed by atoms with Gasteiger partial charge in [0.2, 0.25) is 5.95 Å². The standard InChI is InChI=1S/C24H20N4O6S/c1-34-23(30)27-22-25-19-11-10-14(12-20(19)26-22)24(31)18-9-4-3-8-17(18)21(29)28(24)15-6-5-7-16(13-15)35(2,32)33/h3-13,31H,1-2H3,(H2,25,26,27,30). The Hall–Kier alpha value is -4.22. The number of sulfone groups is 1. The SMILES string of the molecule is COC(=O)Nc1nc2cc(C3(O)c4ccccc4C(=O)N3c3cccc(S(C)(=O)=O)c3)ccc2[nH]1. The number of hydrogen-bond donors (Lipinski definition) is 3. The van der Waals surface area contributed by atoms with Crippen molar-refractivity contribution in [3.63, 3.8) is 0 Å². The molecule has 2 amide bonds. The van der Waals surface area contributed by atoms with Crippen molar-refractivity contribution in [2.45, 2.75) is 10.6 Å². The zero-order valence-electron chi connectivity index (χ0n) is 18.6. The van der Waals surface area contributed by atoms with Crippen LogP contribution < -0.4 is 10.2 Å². The van der Waals surface area contributed by atoms with E-state index in [0.717, 1.165) is 6.26 Å². The first-order valence-corrected chi connectivity index (χ1v) is 12.3. The first kappa shape index (κ1) is 22.6. The van der Waals surface area contributed by atoms with Crippen LogP contribution in [0, 0.1) is 0 Å². The minimum Gasteiger partial charge on any atom is -0.453 e. The molecule has 0 bridgehead atoms. The number of anilines is 2. The number of hydrogen-bond acceptors (Lipinski definition) is 7. The average Bonchev–Trinajstić information content (AvgIpc) is 3.34. The molecule has 0 saturated carbocycles. The summed E-state index contributed by atoms with van der Waals surface area (Å²) in [4.78, 5) is 33.5. The first-order chi connectivity index (χ1) is 16.6. The number of methoxy groups -OCH3 is 1. The maximum absolute atomic E-state index is 13.5. The summed E-state index contributed by atoms with van der Waals surface area (Å²) in [5, 5.41) is 14.6. The van der Waals surface area contributed by atoms with Crippen LogP contribution in [0.3, 0.4) is 0 Å². The fraction of sp³-hybridized carbons (Fsp3) is 0.125. The topological polar surface area (TPSA) is 142 Å². The zero-order chi connectivity index (χ0) is 25.0. The van der Waals surface area contributed by atoms with Crippen LogP contribution in [0.25, 0.3) is 11.0 Å². The van der Waals surface area contributed by atoms with Gasteiger partial charge in [0.15, 0.2) is 15.6 Å². The number of nitrogens with one attached hydrogen (secondary N) is 2. The molecule has 0 spiro atoms. The molecule has 11 heteroatoms. The summed E-state index contributed by atoms with van der Waals surface area (Å²) < 4.78 is 28.9. The molecule has 1 atom stereocenters. The highest BCUT2D eigenvalue weighted by molar-refractivity contribution is 7.90. The maximum atomic E-state index is 13.5. The average molecular weight is 493 g/mol. The number of rotatable bonds is 4. The summed E-state index contributed by atoms with van der Waals surface area (Å²) in [5.74, 6) is -0.333. The molecule has 3 aromatic carbocycles. The fourth-order valence-electron chi connectivity index (χ4n) is 4.23. The number of fused-ring (bicyclic) bond motifs is 2. The van der Waals surface area contributed by atoms with Gasteiger partial charge in [-0.3, -0.25) is 15.0 Å². The van der Waals surface area contributed by atoms with E-state index in [9.17, 15) is 23.1 Å². The Kier molecular flexibility index (Phi) is 5.11. The summed E-state index contributed by atoms with van der Waals surface area (Å²) in [6.07, 6.45) is 0.375. The van der Waals surface area contributed by atoms with Crippen LogP contribution >= 0.6 is 0 Å². The highest BCUT2D eigenvalue weighted by Crippen LogP contribution is 2.45. The summed E-state index contributed by atoms with van der Waals surface area (Å²) in [7, 11) is -2.33. The first-order valence-electron chi connectivity index (χ1n) is 10.4. The van der Waals surface area contributed by atoms with Gasteiger partial charge in [-0.15, -0.1) is 0 Å². The van der Waals surface area contributed by atoms with Crippen LogP contribution in [-0.2, 0) is 20.3 Å². The highest BCUT2D eigenvalue weighted by atomic mass is 32.2. The Bertz CT molecular complexity index is 1610. The minimum atomic E-state index is -3.56. The number of H-pyrrole nitrogens is 1. The maximum Gasteiger partial charge on any atom is 0.413 e. The molecule has 1 aliphatic rings. The second-order valence-corrected chi connectivity index (χ2v) is 10.1. The number of aliphatic hydroxyl groups is 1. The van der Waals surface area contributed by atoms with E-state index in [-0.39, 0.29) is 22.1 Å². The highest BCUT2D eigenvalue weighted by Gasteiger charge is 2.50. The van der Waals surface area contributed by atoms with E-state index in [1.165, 1.54) is 30.2 Å². The van der Waals surface area contributed by atoms with E-state index in [0.29, 0.717) is 22.2 Å². The molecule has 0 radical (unpaired) electrons. The Balaban J connectivity index is 1.69. The smallest absolute Gasteiger partial charge is 0.413 e. The van der Waals surface area contributed by atoms with Gasteiger partial charge >= 0.3 is 6.09 Å². The van der Waals surface area contributed by atoms with Crippen LogP contribution in [0.2, 0.25) is 0 Å². The van der Waals surface area contributed by atoms with Gasteiger partial charge in [0, 0.05) is 28.6 Å². The Labute approximate surface area is 200 Å². The van der Waals surface area contributed by atoms with Crippen molar-refractivity contribution in [2.24, 2.45) is 0 Å². The molecule has 3 N–H and O–H groups in total. The summed E-state index contributed by atoms with van der Waals surface area (Å²) in [6.45, 7) is 0. The quantitative estimate of drug-likeness (QED) is 0.398. The minimum absolute atomic E-state index is 0.0161. The third-order valence-corrected chi connectivity index (χ3v) is 6.97. The Morgan fingerprint density at radius 2 is 1.89 bits per heavy atom. The lowest BCUT2D eigenvalue weighted by Crippen LogP contribution is -2.45. The molecule has 0 fully saturated rings. The van der Waals surface area contributed by atoms with Gasteiger partial charge in [-0.05, 0) is 36.4 Å². The molecule has 1 unspecified atom stereocenters. The van der Waals surface area contributed by atoms with Gasteiger partial charge in [-0.25, -0.2) is 18.2 Å². The van der Waals surface area contributed by atoms with Gasteiger partial charge in [0.1, 0.15) is 0 Å². The molecule has 35 heavy (non-hydrogen) atoms. The number of aromatic amines is 1.